The first-order valence-electron chi connectivity index (χ1n) is 15.8. The molecule has 8 nitrogen and oxygen atoms in total. The van der Waals surface area contributed by atoms with Crippen molar-refractivity contribution in [3.8, 4) is 0 Å². The van der Waals surface area contributed by atoms with Crippen molar-refractivity contribution in [2.75, 3.05) is 28.4 Å². The van der Waals surface area contributed by atoms with Crippen molar-refractivity contribution in [2.45, 2.75) is 111 Å². The maximum absolute atomic E-state index is 12.7. The van der Waals surface area contributed by atoms with Crippen molar-refractivity contribution in [2.24, 2.45) is 46.3 Å². The molecule has 0 N–H and O–H groups in total. The zero-order chi connectivity index (χ0) is 30.2. The standard InChI is InChI=1S/C31H56O8P2/c1-21(2)29(39-41(33,36-8)37-9)15-10-22(3)26-13-14-27-25-12-11-23-20-24(38-40(32,34-6)35-7)16-18-30(23,4)28(25)17-19-31(26,27)5/h11,21-22,24-29H,10,12-20H2,1-9H3/t22-,24+,25+,26-,27+,28+,29+,30+,31-/m1/s1. The van der Waals surface area contributed by atoms with Gasteiger partial charge in [-0.2, -0.15) is 0 Å². The minimum atomic E-state index is -3.51. The van der Waals surface area contributed by atoms with Crippen molar-refractivity contribution in [1.82, 2.24) is 0 Å². The molecule has 0 heterocycles. The third-order valence-electron chi connectivity index (χ3n) is 11.9. The maximum atomic E-state index is 12.7. The topological polar surface area (TPSA) is 89.5 Å². The van der Waals surface area contributed by atoms with E-state index in [0.717, 1.165) is 50.4 Å². The molecule has 4 aliphatic rings. The highest BCUT2D eigenvalue weighted by atomic mass is 31.2. The van der Waals surface area contributed by atoms with E-state index in [1.807, 2.05) is 0 Å². The molecule has 0 aromatic carbocycles. The van der Waals surface area contributed by atoms with Gasteiger partial charge in [-0.1, -0.05) is 46.3 Å². The van der Waals surface area contributed by atoms with E-state index in [1.54, 1.807) is 0 Å². The Morgan fingerprint density at radius 2 is 1.51 bits per heavy atom. The third-order valence-corrected chi connectivity index (χ3v) is 14.8. The number of allylic oxidation sites excluding steroid dienone is 1. The van der Waals surface area contributed by atoms with Crippen molar-refractivity contribution in [3.63, 3.8) is 0 Å². The first-order valence-corrected chi connectivity index (χ1v) is 18.7. The Kier molecular flexibility index (Phi) is 10.8. The Morgan fingerprint density at radius 1 is 0.854 bits per heavy atom. The van der Waals surface area contributed by atoms with E-state index < -0.39 is 15.6 Å². The van der Waals surface area contributed by atoms with Gasteiger partial charge in [0.2, 0.25) is 0 Å². The van der Waals surface area contributed by atoms with Gasteiger partial charge in [0.15, 0.2) is 0 Å². The average molecular weight is 619 g/mol. The van der Waals surface area contributed by atoms with Crippen LogP contribution in [0.2, 0.25) is 0 Å². The molecule has 3 saturated carbocycles. The summed E-state index contributed by atoms with van der Waals surface area (Å²) >= 11 is 0. The van der Waals surface area contributed by atoms with Gasteiger partial charge in [-0.3, -0.25) is 27.1 Å². The fraction of sp³-hybridized carbons (Fsp3) is 0.935. The van der Waals surface area contributed by atoms with Crippen molar-refractivity contribution in [1.29, 1.82) is 0 Å². The molecule has 0 unspecified atom stereocenters. The van der Waals surface area contributed by atoms with Crippen LogP contribution in [-0.4, -0.2) is 40.6 Å². The van der Waals surface area contributed by atoms with Gasteiger partial charge in [0.1, 0.15) is 0 Å². The average Bonchev–Trinajstić information content (AvgIpc) is 3.32. The number of hydrogen-bond donors (Lipinski definition) is 0. The summed E-state index contributed by atoms with van der Waals surface area (Å²) in [7, 11) is -1.46. The van der Waals surface area contributed by atoms with E-state index >= 15 is 0 Å². The van der Waals surface area contributed by atoms with Crippen molar-refractivity contribution < 1.29 is 36.3 Å². The van der Waals surface area contributed by atoms with Crippen LogP contribution in [0.4, 0.5) is 0 Å². The van der Waals surface area contributed by atoms with Gasteiger partial charge in [0.25, 0.3) is 0 Å². The first kappa shape index (κ1) is 33.8. The molecule has 0 aromatic heterocycles. The van der Waals surface area contributed by atoms with Crippen molar-refractivity contribution >= 4 is 15.6 Å². The molecule has 41 heavy (non-hydrogen) atoms. The minimum Gasteiger partial charge on any atom is -0.290 e. The molecule has 238 valence electrons. The van der Waals surface area contributed by atoms with Crippen LogP contribution in [0.25, 0.3) is 0 Å². The van der Waals surface area contributed by atoms with Gasteiger partial charge >= 0.3 is 15.6 Å². The fourth-order valence-corrected chi connectivity index (χ4v) is 11.4. The van der Waals surface area contributed by atoms with Crippen LogP contribution in [0.15, 0.2) is 11.6 Å². The first-order chi connectivity index (χ1) is 19.3. The van der Waals surface area contributed by atoms with Crippen molar-refractivity contribution in [3.05, 3.63) is 11.6 Å². The highest BCUT2D eigenvalue weighted by Gasteiger charge is 2.59. The summed E-state index contributed by atoms with van der Waals surface area (Å²) in [5.74, 6) is 3.66. The SMILES string of the molecule is COP(=O)(OC)O[C@H]1CC[C@@]2(C)C(=CC[C@H]3[C@@H]4CC[C@H]([C@H](C)CC[C@H](OP(=O)(OC)OC)C(C)C)[C@@]4(C)CC[C@@H]32)C1. The molecule has 3 fully saturated rings. The van der Waals surface area contributed by atoms with Crippen LogP contribution < -0.4 is 0 Å². The smallest absolute Gasteiger partial charge is 0.290 e. The Labute approximate surface area is 249 Å². The van der Waals surface area contributed by atoms with E-state index in [4.69, 9.17) is 27.1 Å². The second-order valence-electron chi connectivity index (χ2n) is 14.0. The zero-order valence-electron chi connectivity index (χ0n) is 26.9. The summed E-state index contributed by atoms with van der Waals surface area (Å²) in [5.41, 5.74) is 2.04. The lowest BCUT2D eigenvalue weighted by Crippen LogP contribution is -2.51. The predicted molar refractivity (Wildman–Crippen MR) is 161 cm³/mol. The molecule has 4 rings (SSSR count). The molecule has 0 saturated heterocycles. The Hall–Kier alpha value is -0.0400. The molecule has 4 aliphatic carbocycles. The third kappa shape index (κ3) is 6.66. The molecular formula is C31H56O8P2. The lowest BCUT2D eigenvalue weighted by molar-refractivity contribution is -0.0580. The molecular weight excluding hydrogens is 562 g/mol. The highest BCUT2D eigenvalue weighted by molar-refractivity contribution is 7.48. The Balaban J connectivity index is 1.42. The zero-order valence-corrected chi connectivity index (χ0v) is 28.7. The van der Waals surface area contributed by atoms with Crippen LogP contribution in [-0.2, 0) is 36.3 Å². The monoisotopic (exact) mass is 618 g/mol. The number of rotatable bonds is 13. The largest absolute Gasteiger partial charge is 0.474 e. The van der Waals surface area contributed by atoms with E-state index in [9.17, 15) is 9.13 Å². The Morgan fingerprint density at radius 3 is 2.12 bits per heavy atom. The normalized spacial score (nSPS) is 37.2. The van der Waals surface area contributed by atoms with Crippen LogP contribution >= 0.6 is 15.6 Å². The summed E-state index contributed by atoms with van der Waals surface area (Å²) in [5, 5.41) is 0. The highest BCUT2D eigenvalue weighted by Crippen LogP contribution is 2.68. The molecule has 10 heteroatoms. The van der Waals surface area contributed by atoms with E-state index in [0.29, 0.717) is 23.2 Å². The molecule has 0 amide bonds. The van der Waals surface area contributed by atoms with E-state index in [1.165, 1.54) is 59.7 Å². The lowest BCUT2D eigenvalue weighted by Gasteiger charge is -2.58. The molecule has 0 spiro atoms. The molecule has 0 bridgehead atoms. The quantitative estimate of drug-likeness (QED) is 0.149. The summed E-state index contributed by atoms with van der Waals surface area (Å²) in [6, 6.07) is 0. The van der Waals surface area contributed by atoms with Crippen LogP contribution in [0.3, 0.4) is 0 Å². The molecule has 0 aromatic rings. The van der Waals surface area contributed by atoms with Crippen LogP contribution in [0, 0.1) is 46.3 Å². The molecule has 9 atom stereocenters. The second-order valence-corrected chi connectivity index (χ2v) is 17.7. The van der Waals surface area contributed by atoms with E-state index in [2.05, 4.69) is 40.7 Å². The summed E-state index contributed by atoms with van der Waals surface area (Å²) in [6.45, 7) is 11.7. The van der Waals surface area contributed by atoms with E-state index in [-0.39, 0.29) is 23.5 Å². The van der Waals surface area contributed by atoms with Gasteiger partial charge in [-0.05, 0) is 111 Å². The number of hydrogen-bond acceptors (Lipinski definition) is 8. The Bertz CT molecular complexity index is 1020. The number of phosphoric ester groups is 2. The fourth-order valence-electron chi connectivity index (χ4n) is 9.50. The van der Waals surface area contributed by atoms with Gasteiger partial charge in [-0.25, -0.2) is 9.13 Å². The maximum Gasteiger partial charge on any atom is 0.474 e. The van der Waals surface area contributed by atoms with Gasteiger partial charge in [-0.15, -0.1) is 0 Å². The summed E-state index contributed by atoms with van der Waals surface area (Å²) in [6.07, 6.45) is 13.2. The predicted octanol–water partition coefficient (Wildman–Crippen LogP) is 9.21. The minimum absolute atomic E-state index is 0.123. The lowest BCUT2D eigenvalue weighted by atomic mass is 9.47. The van der Waals surface area contributed by atoms with Gasteiger partial charge in [0, 0.05) is 28.4 Å². The van der Waals surface area contributed by atoms with Crippen LogP contribution in [0.5, 0.6) is 0 Å². The van der Waals surface area contributed by atoms with Gasteiger partial charge in [0.05, 0.1) is 12.2 Å². The number of phosphoric acid groups is 2. The number of fused-ring (bicyclic) bond motifs is 5. The molecule has 0 radical (unpaired) electrons. The summed E-state index contributed by atoms with van der Waals surface area (Å²) in [4.78, 5) is 0. The van der Waals surface area contributed by atoms with Crippen LogP contribution in [0.1, 0.15) is 98.8 Å². The summed E-state index contributed by atoms with van der Waals surface area (Å²) < 4.78 is 57.3. The molecule has 0 aliphatic heterocycles. The van der Waals surface area contributed by atoms with Gasteiger partial charge < -0.3 is 0 Å². The second kappa shape index (κ2) is 13.1.